The number of ether oxygens (including phenoxy) is 1. The zero-order valence-corrected chi connectivity index (χ0v) is 13.0. The third kappa shape index (κ3) is 2.67. The van der Waals surface area contributed by atoms with Crippen LogP contribution in [0.3, 0.4) is 0 Å². The highest BCUT2D eigenvalue weighted by atomic mass is 35.5. The number of nitrogens with zero attached hydrogens (tertiary/aromatic N) is 2. The predicted molar refractivity (Wildman–Crippen MR) is 81.4 cm³/mol. The lowest BCUT2D eigenvalue weighted by Gasteiger charge is -2.19. The van der Waals surface area contributed by atoms with Crippen molar-refractivity contribution in [3.63, 3.8) is 0 Å². The summed E-state index contributed by atoms with van der Waals surface area (Å²) in [5, 5.41) is 5.07. The normalized spacial score (nSPS) is 12.8. The number of nitrogens with two attached hydrogens (primary N) is 1. The van der Waals surface area contributed by atoms with Gasteiger partial charge in [0.05, 0.1) is 19.3 Å². The molecule has 1 aromatic heterocycles. The van der Waals surface area contributed by atoms with Crippen LogP contribution in [0.2, 0.25) is 5.02 Å². The molecule has 108 valence electrons. The molecule has 0 saturated carbocycles. The van der Waals surface area contributed by atoms with E-state index in [0.717, 1.165) is 16.8 Å². The number of rotatable bonds is 4. The van der Waals surface area contributed by atoms with Crippen LogP contribution in [0.1, 0.15) is 42.8 Å². The van der Waals surface area contributed by atoms with Crippen molar-refractivity contribution in [3.8, 4) is 5.75 Å². The summed E-state index contributed by atoms with van der Waals surface area (Å²) >= 11 is 6.19. The first kappa shape index (κ1) is 14.9. The Bertz CT molecular complexity index is 607. The number of halogens is 1. The molecule has 2 rings (SSSR count). The van der Waals surface area contributed by atoms with Crippen molar-refractivity contribution < 1.29 is 4.74 Å². The van der Waals surface area contributed by atoms with Crippen molar-refractivity contribution in [2.75, 3.05) is 7.11 Å². The van der Waals surface area contributed by atoms with Gasteiger partial charge >= 0.3 is 0 Å². The predicted octanol–water partition coefficient (Wildman–Crippen LogP) is 3.48. The van der Waals surface area contributed by atoms with Gasteiger partial charge in [0.2, 0.25) is 0 Å². The van der Waals surface area contributed by atoms with Crippen LogP contribution < -0.4 is 10.5 Å². The molecule has 0 radical (unpaired) electrons. The lowest BCUT2D eigenvalue weighted by atomic mass is 10.0. The van der Waals surface area contributed by atoms with Crippen LogP contribution in [0.25, 0.3) is 0 Å². The maximum absolute atomic E-state index is 6.40. The van der Waals surface area contributed by atoms with Gasteiger partial charge in [-0.15, -0.1) is 0 Å². The van der Waals surface area contributed by atoms with Crippen LogP contribution in [-0.4, -0.2) is 16.9 Å². The molecular formula is C15H20ClN3O. The van der Waals surface area contributed by atoms with Crippen LogP contribution in [0.15, 0.2) is 24.4 Å². The van der Waals surface area contributed by atoms with E-state index in [1.165, 1.54) is 0 Å². The fourth-order valence-electron chi connectivity index (χ4n) is 2.18. The summed E-state index contributed by atoms with van der Waals surface area (Å²) in [6, 6.07) is 5.75. The average molecular weight is 294 g/mol. The highest BCUT2D eigenvalue weighted by Crippen LogP contribution is 2.31. The second kappa shape index (κ2) is 5.85. The van der Waals surface area contributed by atoms with Gasteiger partial charge in [-0.05, 0) is 38.0 Å². The van der Waals surface area contributed by atoms with Crippen molar-refractivity contribution >= 4 is 11.6 Å². The molecule has 4 nitrogen and oxygen atoms in total. The first-order valence-electron chi connectivity index (χ1n) is 6.58. The van der Waals surface area contributed by atoms with Gasteiger partial charge in [0, 0.05) is 11.1 Å². The van der Waals surface area contributed by atoms with Gasteiger partial charge in [-0.3, -0.25) is 4.68 Å². The molecular weight excluding hydrogens is 274 g/mol. The molecule has 0 spiro atoms. The van der Waals surface area contributed by atoms with E-state index in [1.807, 2.05) is 29.8 Å². The fourth-order valence-corrected chi connectivity index (χ4v) is 2.37. The minimum atomic E-state index is -0.326. The Morgan fingerprint density at radius 2 is 2.05 bits per heavy atom. The Kier molecular flexibility index (Phi) is 4.35. The first-order valence-corrected chi connectivity index (χ1v) is 6.96. The van der Waals surface area contributed by atoms with Crippen LogP contribution in [0, 0.1) is 6.92 Å². The van der Waals surface area contributed by atoms with Crippen LogP contribution in [0.5, 0.6) is 5.75 Å². The zero-order valence-electron chi connectivity index (χ0n) is 12.2. The zero-order chi connectivity index (χ0) is 14.9. The van der Waals surface area contributed by atoms with E-state index in [0.29, 0.717) is 10.8 Å². The molecule has 2 N–H and O–H groups in total. The maximum atomic E-state index is 6.40. The van der Waals surface area contributed by atoms with Gasteiger partial charge < -0.3 is 10.5 Å². The Balaban J connectivity index is 2.49. The van der Waals surface area contributed by atoms with E-state index >= 15 is 0 Å². The molecule has 1 heterocycles. The van der Waals surface area contributed by atoms with E-state index in [1.54, 1.807) is 13.3 Å². The molecule has 1 aromatic carbocycles. The summed E-state index contributed by atoms with van der Waals surface area (Å²) in [5.41, 5.74) is 9.24. The highest BCUT2D eigenvalue weighted by Gasteiger charge is 2.22. The SMILES string of the molecule is COc1cnn(C(C)C)c1C(N)c1ccc(C)c(Cl)c1. The second-order valence-corrected chi connectivity index (χ2v) is 5.53. The molecule has 0 aliphatic carbocycles. The smallest absolute Gasteiger partial charge is 0.161 e. The van der Waals surface area contributed by atoms with Crippen LogP contribution >= 0.6 is 11.6 Å². The van der Waals surface area contributed by atoms with Gasteiger partial charge in [0.25, 0.3) is 0 Å². The highest BCUT2D eigenvalue weighted by molar-refractivity contribution is 6.31. The van der Waals surface area contributed by atoms with Crippen molar-refractivity contribution in [3.05, 3.63) is 46.2 Å². The van der Waals surface area contributed by atoms with Gasteiger partial charge in [-0.2, -0.15) is 5.10 Å². The Morgan fingerprint density at radius 3 is 2.60 bits per heavy atom. The number of hydrogen-bond acceptors (Lipinski definition) is 3. The summed E-state index contributed by atoms with van der Waals surface area (Å²) < 4.78 is 7.26. The number of aromatic nitrogens is 2. The van der Waals surface area contributed by atoms with Crippen molar-refractivity contribution in [2.24, 2.45) is 5.73 Å². The van der Waals surface area contributed by atoms with Gasteiger partial charge in [0.1, 0.15) is 5.69 Å². The van der Waals surface area contributed by atoms with E-state index in [-0.39, 0.29) is 12.1 Å². The van der Waals surface area contributed by atoms with Crippen LogP contribution in [-0.2, 0) is 0 Å². The van der Waals surface area contributed by atoms with E-state index in [2.05, 4.69) is 18.9 Å². The van der Waals surface area contributed by atoms with E-state index in [4.69, 9.17) is 22.1 Å². The molecule has 20 heavy (non-hydrogen) atoms. The number of aryl methyl sites for hydroxylation is 1. The first-order chi connectivity index (χ1) is 9.45. The summed E-state index contributed by atoms with van der Waals surface area (Å²) in [5.74, 6) is 0.697. The van der Waals surface area contributed by atoms with Crippen LogP contribution in [0.4, 0.5) is 0 Å². The molecule has 0 aliphatic heterocycles. The molecule has 5 heteroatoms. The molecule has 0 aliphatic rings. The van der Waals surface area contributed by atoms with Gasteiger partial charge in [-0.25, -0.2) is 0 Å². The summed E-state index contributed by atoms with van der Waals surface area (Å²) in [6.07, 6.45) is 1.70. The molecule has 0 amide bonds. The standard InChI is InChI=1S/C15H20ClN3O/c1-9(2)19-15(13(20-4)8-18-19)14(17)11-6-5-10(3)12(16)7-11/h5-9,14H,17H2,1-4H3. The molecule has 1 atom stereocenters. The minimum absolute atomic E-state index is 0.209. The fraction of sp³-hybridized carbons (Fsp3) is 0.400. The third-order valence-electron chi connectivity index (χ3n) is 3.36. The van der Waals surface area contributed by atoms with Crippen molar-refractivity contribution in [2.45, 2.75) is 32.9 Å². The number of hydrogen-bond donors (Lipinski definition) is 1. The quantitative estimate of drug-likeness (QED) is 0.939. The van der Waals surface area contributed by atoms with E-state index in [9.17, 15) is 0 Å². The van der Waals surface area contributed by atoms with Gasteiger partial charge in [0.15, 0.2) is 5.75 Å². The van der Waals surface area contributed by atoms with Crippen molar-refractivity contribution in [1.82, 2.24) is 9.78 Å². The largest absolute Gasteiger partial charge is 0.493 e. The lowest BCUT2D eigenvalue weighted by molar-refractivity contribution is 0.401. The topological polar surface area (TPSA) is 53.1 Å². The number of methoxy groups -OCH3 is 1. The van der Waals surface area contributed by atoms with Gasteiger partial charge in [-0.1, -0.05) is 23.7 Å². The Labute approximate surface area is 124 Å². The molecule has 0 fully saturated rings. The maximum Gasteiger partial charge on any atom is 0.161 e. The summed E-state index contributed by atoms with van der Waals surface area (Å²) in [4.78, 5) is 0. The summed E-state index contributed by atoms with van der Waals surface area (Å²) in [6.45, 7) is 6.09. The van der Waals surface area contributed by atoms with E-state index < -0.39 is 0 Å². The molecule has 1 unspecified atom stereocenters. The Hall–Kier alpha value is -1.52. The Morgan fingerprint density at radius 1 is 1.35 bits per heavy atom. The monoisotopic (exact) mass is 293 g/mol. The molecule has 0 saturated heterocycles. The van der Waals surface area contributed by atoms with Crippen molar-refractivity contribution in [1.29, 1.82) is 0 Å². The minimum Gasteiger partial charge on any atom is -0.493 e. The summed E-state index contributed by atoms with van der Waals surface area (Å²) in [7, 11) is 1.63. The number of benzene rings is 1. The second-order valence-electron chi connectivity index (χ2n) is 5.12. The lowest BCUT2D eigenvalue weighted by Crippen LogP contribution is -2.19. The molecule has 2 aromatic rings. The molecule has 0 bridgehead atoms. The average Bonchev–Trinajstić information content (AvgIpc) is 2.85. The third-order valence-corrected chi connectivity index (χ3v) is 3.76.